The summed E-state index contributed by atoms with van der Waals surface area (Å²) in [4.78, 5) is 37.0. The van der Waals surface area contributed by atoms with E-state index in [-0.39, 0.29) is 41.5 Å². The molecular weight excluding hydrogens is 408 g/mol. The summed E-state index contributed by atoms with van der Waals surface area (Å²) in [6.07, 6.45) is 10.7. The van der Waals surface area contributed by atoms with Crippen molar-refractivity contribution in [2.45, 2.75) is 77.8 Å². The van der Waals surface area contributed by atoms with Crippen LogP contribution in [0.5, 0.6) is 0 Å². The van der Waals surface area contributed by atoms with E-state index in [1.165, 1.54) is 18.1 Å². The van der Waals surface area contributed by atoms with Crippen molar-refractivity contribution in [2.24, 2.45) is 22.7 Å². The van der Waals surface area contributed by atoms with Gasteiger partial charge in [-0.3, -0.25) is 14.4 Å². The first kappa shape index (κ1) is 21.8. The van der Waals surface area contributed by atoms with Crippen molar-refractivity contribution in [3.63, 3.8) is 0 Å². The molecule has 1 heterocycles. The highest BCUT2D eigenvalue weighted by atomic mass is 16.8. The van der Waals surface area contributed by atoms with Gasteiger partial charge >= 0.3 is 5.97 Å². The van der Waals surface area contributed by atoms with Crippen LogP contribution in [-0.4, -0.2) is 41.6 Å². The summed E-state index contributed by atoms with van der Waals surface area (Å²) in [6.45, 7) is 9.05. The van der Waals surface area contributed by atoms with Gasteiger partial charge in [-0.25, -0.2) is 0 Å². The molecule has 5 aliphatic rings. The standard InChI is InChI=1S/C26H32O6/c1-15(27)30-14-21(29)26-22(31-23(2,3)32-26)13-20-18-7-6-16-12-17(28)8-10-24(16,4)19(18)9-11-25(20,26)5/h8-10,12,18,20,22H,6-7,11,13-14H2,1-5H3/t18-,20-,22-,24+,25+,26+/m1/s1. The zero-order chi connectivity index (χ0) is 23.1. The second kappa shape index (κ2) is 6.73. The van der Waals surface area contributed by atoms with Crippen LogP contribution in [0, 0.1) is 22.7 Å². The maximum atomic E-state index is 13.6. The Hall–Kier alpha value is -2.05. The van der Waals surface area contributed by atoms with Gasteiger partial charge in [-0.05, 0) is 70.4 Å². The quantitative estimate of drug-likeness (QED) is 0.490. The number of esters is 1. The second-order valence-corrected chi connectivity index (χ2v) is 10.9. The fraction of sp³-hybridized carbons (Fsp3) is 0.654. The molecule has 0 radical (unpaired) electrons. The van der Waals surface area contributed by atoms with Crippen LogP contribution in [0.25, 0.3) is 0 Å². The summed E-state index contributed by atoms with van der Waals surface area (Å²) in [5.74, 6) is -1.02. The normalized spacial score (nSPS) is 43.4. The van der Waals surface area contributed by atoms with E-state index < -0.39 is 22.8 Å². The van der Waals surface area contributed by atoms with E-state index >= 15 is 0 Å². The number of carbonyl (C=O) groups is 3. The van der Waals surface area contributed by atoms with Crippen LogP contribution in [-0.2, 0) is 28.6 Å². The molecule has 0 unspecified atom stereocenters. The summed E-state index contributed by atoms with van der Waals surface area (Å²) >= 11 is 0. The Morgan fingerprint density at radius 3 is 2.69 bits per heavy atom. The van der Waals surface area contributed by atoms with Crippen LogP contribution >= 0.6 is 0 Å². The number of carbonyl (C=O) groups excluding carboxylic acids is 3. The second-order valence-electron chi connectivity index (χ2n) is 10.9. The summed E-state index contributed by atoms with van der Waals surface area (Å²) in [7, 11) is 0. The van der Waals surface area contributed by atoms with Crippen LogP contribution in [0.15, 0.2) is 35.5 Å². The molecule has 6 nitrogen and oxygen atoms in total. The first-order chi connectivity index (χ1) is 14.9. The third kappa shape index (κ3) is 2.75. The van der Waals surface area contributed by atoms with Gasteiger partial charge in [0.15, 0.2) is 23.8 Å². The largest absolute Gasteiger partial charge is 0.458 e. The molecule has 172 valence electrons. The monoisotopic (exact) mass is 440 g/mol. The lowest BCUT2D eigenvalue weighted by Crippen LogP contribution is -2.59. The van der Waals surface area contributed by atoms with Crippen molar-refractivity contribution in [2.75, 3.05) is 6.61 Å². The minimum atomic E-state index is -1.14. The zero-order valence-corrected chi connectivity index (χ0v) is 19.5. The van der Waals surface area contributed by atoms with E-state index in [0.29, 0.717) is 6.42 Å². The molecule has 0 bridgehead atoms. The smallest absolute Gasteiger partial charge is 0.303 e. The Balaban J connectivity index is 1.57. The predicted octanol–water partition coefficient (Wildman–Crippen LogP) is 3.85. The number of hydrogen-bond donors (Lipinski definition) is 0. The SMILES string of the molecule is CC(=O)OCC(=O)[C@]12OC(C)(C)O[C@@H]1C[C@@H]1[C@@H]3CCC4=CC(=O)C=C[C@]4(C)C3=CC[C@@]12C. The molecule has 0 aromatic heterocycles. The average molecular weight is 441 g/mol. The van der Waals surface area contributed by atoms with Crippen molar-refractivity contribution in [1.82, 2.24) is 0 Å². The Morgan fingerprint density at radius 1 is 1.22 bits per heavy atom. The first-order valence-corrected chi connectivity index (χ1v) is 11.6. The summed E-state index contributed by atoms with van der Waals surface area (Å²) in [6, 6.07) is 0. The van der Waals surface area contributed by atoms with Gasteiger partial charge in [0.25, 0.3) is 0 Å². The fourth-order valence-electron chi connectivity index (χ4n) is 7.40. The van der Waals surface area contributed by atoms with Gasteiger partial charge < -0.3 is 14.2 Å². The lowest BCUT2D eigenvalue weighted by Gasteiger charge is -2.54. The molecule has 1 saturated heterocycles. The van der Waals surface area contributed by atoms with E-state index in [1.807, 2.05) is 13.8 Å². The summed E-state index contributed by atoms with van der Waals surface area (Å²) in [5, 5.41) is 0. The molecule has 0 aromatic carbocycles. The van der Waals surface area contributed by atoms with Gasteiger partial charge in [-0.2, -0.15) is 0 Å². The van der Waals surface area contributed by atoms with Crippen molar-refractivity contribution < 1.29 is 28.6 Å². The molecule has 0 aromatic rings. The van der Waals surface area contributed by atoms with Gasteiger partial charge in [0, 0.05) is 17.8 Å². The van der Waals surface area contributed by atoms with E-state index in [2.05, 4.69) is 26.0 Å². The van der Waals surface area contributed by atoms with Gasteiger partial charge in [0.05, 0.1) is 6.10 Å². The highest BCUT2D eigenvalue weighted by molar-refractivity contribution is 6.01. The van der Waals surface area contributed by atoms with Crippen molar-refractivity contribution in [1.29, 1.82) is 0 Å². The highest BCUT2D eigenvalue weighted by Crippen LogP contribution is 2.68. The topological polar surface area (TPSA) is 78.9 Å². The minimum Gasteiger partial charge on any atom is -0.458 e. The third-order valence-corrected chi connectivity index (χ3v) is 8.76. The number of ketones is 2. The predicted molar refractivity (Wildman–Crippen MR) is 116 cm³/mol. The van der Waals surface area contributed by atoms with Crippen LogP contribution in [0.2, 0.25) is 0 Å². The van der Waals surface area contributed by atoms with Crippen LogP contribution in [0.4, 0.5) is 0 Å². The number of Topliss-reactive ketones (excluding diaryl/α,β-unsaturated/α-hetero) is 1. The van der Waals surface area contributed by atoms with E-state index in [9.17, 15) is 14.4 Å². The Labute approximate surface area is 189 Å². The maximum Gasteiger partial charge on any atom is 0.303 e. The average Bonchev–Trinajstić information content (AvgIpc) is 3.12. The van der Waals surface area contributed by atoms with Gasteiger partial charge in [0.2, 0.25) is 5.78 Å². The molecule has 6 heteroatoms. The molecule has 6 atom stereocenters. The first-order valence-electron chi connectivity index (χ1n) is 11.6. The molecule has 0 N–H and O–H groups in total. The van der Waals surface area contributed by atoms with Crippen LogP contribution < -0.4 is 0 Å². The number of rotatable bonds is 3. The summed E-state index contributed by atoms with van der Waals surface area (Å²) < 4.78 is 17.9. The maximum absolute atomic E-state index is 13.6. The van der Waals surface area contributed by atoms with E-state index in [4.69, 9.17) is 14.2 Å². The van der Waals surface area contributed by atoms with Crippen molar-refractivity contribution in [3.8, 4) is 0 Å². The molecule has 5 rings (SSSR count). The van der Waals surface area contributed by atoms with Crippen LogP contribution in [0.1, 0.15) is 60.3 Å². The van der Waals surface area contributed by atoms with E-state index in [1.54, 1.807) is 12.2 Å². The Kier molecular flexibility index (Phi) is 4.58. The van der Waals surface area contributed by atoms with Crippen molar-refractivity contribution >= 4 is 17.5 Å². The number of hydrogen-bond acceptors (Lipinski definition) is 6. The highest BCUT2D eigenvalue weighted by Gasteiger charge is 2.74. The number of allylic oxidation sites excluding steroid dienone is 6. The molecule has 0 spiro atoms. The summed E-state index contributed by atoms with van der Waals surface area (Å²) in [5.41, 5.74) is 0.675. The lowest BCUT2D eigenvalue weighted by molar-refractivity contribution is -0.206. The van der Waals surface area contributed by atoms with Crippen molar-refractivity contribution in [3.05, 3.63) is 35.5 Å². The minimum absolute atomic E-state index is 0.0617. The fourth-order valence-corrected chi connectivity index (χ4v) is 7.40. The lowest BCUT2D eigenvalue weighted by atomic mass is 9.51. The molecule has 1 aliphatic heterocycles. The zero-order valence-electron chi connectivity index (χ0n) is 19.5. The molecule has 0 amide bonds. The molecular formula is C26H32O6. The Bertz CT molecular complexity index is 1000. The van der Waals surface area contributed by atoms with Gasteiger partial charge in [0.1, 0.15) is 0 Å². The number of ether oxygens (including phenoxy) is 3. The Morgan fingerprint density at radius 2 is 1.97 bits per heavy atom. The van der Waals surface area contributed by atoms with Gasteiger partial charge in [-0.1, -0.05) is 30.2 Å². The molecule has 2 saturated carbocycles. The van der Waals surface area contributed by atoms with E-state index in [0.717, 1.165) is 19.3 Å². The number of fused-ring (bicyclic) bond motifs is 7. The van der Waals surface area contributed by atoms with Crippen LogP contribution in [0.3, 0.4) is 0 Å². The third-order valence-electron chi connectivity index (χ3n) is 8.76. The molecule has 3 fully saturated rings. The van der Waals surface area contributed by atoms with Gasteiger partial charge in [-0.15, -0.1) is 0 Å². The molecule has 4 aliphatic carbocycles. The molecule has 32 heavy (non-hydrogen) atoms.